The zero-order valence-corrected chi connectivity index (χ0v) is 45.4. The minimum absolute atomic E-state index is 0.0704. The molecule has 0 radical (unpaired) electrons. The fraction of sp³-hybridized carbons (Fsp3) is 0.500. The van der Waals surface area contributed by atoms with E-state index in [1.54, 1.807) is 87.8 Å². The standard InChI is InChI=1S/2C24H30ClN5O6S/c2*1-15(22(35-4)23-26-11-17(25)12-27-23)37(31,32)14-20-28-29-24(16-7-6-10-36-13-16)30(20)21-18(33-2)8-5-9-19(21)34-3/h2*5,8-9,11-12,15-16,22H,6-7,10,13-14H2,1-4H3/t15-,16+,22-;15-,16-,22-/m00/s1. The van der Waals surface area contributed by atoms with Crippen molar-refractivity contribution in [1.82, 2.24) is 49.5 Å². The number of sulfone groups is 2. The van der Waals surface area contributed by atoms with Crippen molar-refractivity contribution >= 4 is 42.9 Å². The molecule has 4 aromatic heterocycles. The molecule has 2 aromatic carbocycles. The van der Waals surface area contributed by atoms with Crippen molar-refractivity contribution in [2.45, 2.75) is 85.6 Å². The Labute approximate surface area is 440 Å². The molecular formula is C48H60Cl2N10O12S2. The Bertz CT molecular complexity index is 2780. The number of nitrogens with zero attached hydrogens (tertiary/aromatic N) is 10. The Hall–Kier alpha value is -5.60. The number of benzene rings is 2. The van der Waals surface area contributed by atoms with Crippen LogP contribution in [-0.4, -0.2) is 146 Å². The molecule has 2 aliphatic heterocycles. The van der Waals surface area contributed by atoms with Crippen molar-refractivity contribution in [3.8, 4) is 34.4 Å². The summed E-state index contributed by atoms with van der Waals surface area (Å²) in [7, 11) is 1.31. The molecule has 0 amide bonds. The van der Waals surface area contributed by atoms with Crippen molar-refractivity contribution < 1.29 is 54.7 Å². The highest BCUT2D eigenvalue weighted by Crippen LogP contribution is 2.40. The predicted molar refractivity (Wildman–Crippen MR) is 272 cm³/mol. The molecule has 0 aliphatic carbocycles. The first-order chi connectivity index (χ1) is 35.6. The maximum Gasteiger partial charge on any atom is 0.163 e. The average molecular weight is 1100 g/mol. The molecule has 400 valence electrons. The smallest absolute Gasteiger partial charge is 0.163 e. The summed E-state index contributed by atoms with van der Waals surface area (Å²) in [5.41, 5.74) is 1.06. The molecule has 2 aliphatic rings. The normalized spacial score (nSPS) is 17.8. The fourth-order valence-corrected chi connectivity index (χ4v) is 11.8. The third kappa shape index (κ3) is 12.6. The molecule has 74 heavy (non-hydrogen) atoms. The van der Waals surface area contributed by atoms with E-state index in [2.05, 4.69) is 40.3 Å². The lowest BCUT2D eigenvalue weighted by atomic mass is 10.0. The highest BCUT2D eigenvalue weighted by atomic mass is 35.5. The van der Waals surface area contributed by atoms with Gasteiger partial charge in [0.05, 0.1) is 62.2 Å². The molecule has 8 rings (SSSR count). The largest absolute Gasteiger partial charge is 0.494 e. The summed E-state index contributed by atoms with van der Waals surface area (Å²) in [6, 6.07) is 10.7. The van der Waals surface area contributed by atoms with E-state index in [1.165, 1.54) is 39.0 Å². The van der Waals surface area contributed by atoms with Crippen LogP contribution < -0.4 is 18.9 Å². The van der Waals surface area contributed by atoms with E-state index < -0.39 is 53.9 Å². The first-order valence-electron chi connectivity index (χ1n) is 23.5. The molecule has 26 heteroatoms. The van der Waals surface area contributed by atoms with Gasteiger partial charge in [-0.1, -0.05) is 35.3 Å². The SMILES string of the molecule is COc1cccc(OC)c1-n1c(CS(=O)(=O)[C@@H](C)[C@H](OC)c2ncc(Cl)cn2)nnc1[C@@H]1CCCOC1.COc1cccc(OC)c1-n1c(CS(=O)(=O)[C@@H](C)[C@H](OC)c2ncc(Cl)cn2)nnc1[C@H]1CCCOC1. The summed E-state index contributed by atoms with van der Waals surface area (Å²) in [5.74, 6) is 3.07. The maximum atomic E-state index is 13.7. The van der Waals surface area contributed by atoms with E-state index in [-0.39, 0.29) is 35.1 Å². The van der Waals surface area contributed by atoms with E-state index in [0.717, 1.165) is 25.7 Å². The highest BCUT2D eigenvalue weighted by Gasteiger charge is 2.38. The van der Waals surface area contributed by atoms with Crippen LogP contribution in [0.2, 0.25) is 10.0 Å². The Balaban J connectivity index is 0.000000216. The van der Waals surface area contributed by atoms with Crippen molar-refractivity contribution in [1.29, 1.82) is 0 Å². The Morgan fingerprint density at radius 2 is 0.905 bits per heavy atom. The summed E-state index contributed by atoms with van der Waals surface area (Å²) in [6.07, 6.45) is 7.17. The molecule has 0 saturated carbocycles. The Morgan fingerprint density at radius 3 is 1.19 bits per heavy atom. The molecule has 0 bridgehead atoms. The van der Waals surface area contributed by atoms with Crippen LogP contribution in [0.3, 0.4) is 0 Å². The number of ether oxygens (including phenoxy) is 8. The quantitative estimate of drug-likeness (QED) is 0.0777. The van der Waals surface area contributed by atoms with Gasteiger partial charge in [-0.25, -0.2) is 36.8 Å². The fourth-order valence-electron chi connectivity index (χ4n) is 8.81. The molecule has 0 unspecified atom stereocenters. The van der Waals surface area contributed by atoms with Gasteiger partial charge in [0.15, 0.2) is 43.0 Å². The summed E-state index contributed by atoms with van der Waals surface area (Å²) in [4.78, 5) is 16.6. The van der Waals surface area contributed by atoms with Gasteiger partial charge in [-0.15, -0.1) is 20.4 Å². The van der Waals surface area contributed by atoms with Crippen molar-refractivity contribution in [3.63, 3.8) is 0 Å². The second-order valence-corrected chi connectivity index (χ2v) is 22.9. The van der Waals surface area contributed by atoms with Gasteiger partial charge in [0.1, 0.15) is 69.7 Å². The van der Waals surface area contributed by atoms with Gasteiger partial charge in [0.25, 0.3) is 0 Å². The van der Waals surface area contributed by atoms with Crippen molar-refractivity contribution in [3.05, 3.63) is 106 Å². The van der Waals surface area contributed by atoms with E-state index in [9.17, 15) is 16.8 Å². The van der Waals surface area contributed by atoms with E-state index >= 15 is 0 Å². The molecule has 22 nitrogen and oxygen atoms in total. The zero-order chi connectivity index (χ0) is 53.2. The Kier molecular flexibility index (Phi) is 19.2. The second-order valence-electron chi connectivity index (χ2n) is 17.3. The zero-order valence-electron chi connectivity index (χ0n) is 42.3. The summed E-state index contributed by atoms with van der Waals surface area (Å²) < 4.78 is 103. The van der Waals surface area contributed by atoms with Crippen LogP contribution in [0.1, 0.15) is 98.5 Å². The van der Waals surface area contributed by atoms with E-state index in [1.807, 2.05) is 0 Å². The number of aromatic nitrogens is 10. The number of hydrogen-bond acceptors (Lipinski definition) is 20. The molecule has 2 saturated heterocycles. The van der Waals surface area contributed by atoms with Crippen molar-refractivity contribution in [2.24, 2.45) is 0 Å². The summed E-state index contributed by atoms with van der Waals surface area (Å²) in [5, 5.41) is 16.2. The van der Waals surface area contributed by atoms with Crippen molar-refractivity contribution in [2.75, 3.05) is 69.1 Å². The molecule has 6 atom stereocenters. The van der Waals surface area contributed by atoms with Crippen LogP contribution in [0.4, 0.5) is 0 Å². The number of hydrogen-bond donors (Lipinski definition) is 0. The summed E-state index contributed by atoms with van der Waals surface area (Å²) in [6.45, 7) is 5.37. The third-order valence-corrected chi connectivity index (χ3v) is 17.2. The lowest BCUT2D eigenvalue weighted by Gasteiger charge is -2.24. The number of rotatable bonds is 20. The number of methoxy groups -OCH3 is 6. The van der Waals surface area contributed by atoms with Gasteiger partial charge < -0.3 is 37.9 Å². The number of halogens is 2. The van der Waals surface area contributed by atoms with Gasteiger partial charge in [-0.05, 0) is 63.8 Å². The number of para-hydroxylation sites is 2. The highest BCUT2D eigenvalue weighted by molar-refractivity contribution is 7.91. The molecule has 2 fully saturated rings. The maximum absolute atomic E-state index is 13.7. The van der Waals surface area contributed by atoms with E-state index in [4.69, 9.17) is 61.1 Å². The predicted octanol–water partition coefficient (Wildman–Crippen LogP) is 6.63. The molecule has 6 heterocycles. The molecule has 6 aromatic rings. The molecular weight excluding hydrogens is 1040 g/mol. The average Bonchev–Trinajstić information content (AvgIpc) is 4.03. The van der Waals surface area contributed by atoms with Crippen LogP contribution in [0.15, 0.2) is 61.2 Å². The van der Waals surface area contributed by atoms with Gasteiger partial charge in [0.2, 0.25) is 0 Å². The van der Waals surface area contributed by atoms with Gasteiger partial charge >= 0.3 is 0 Å². The minimum atomic E-state index is -3.84. The molecule has 0 spiro atoms. The van der Waals surface area contributed by atoms with Crippen LogP contribution in [-0.2, 0) is 50.1 Å². The van der Waals surface area contributed by atoms with Crippen LogP contribution in [0.25, 0.3) is 11.4 Å². The van der Waals surface area contributed by atoms with Gasteiger partial charge in [-0.3, -0.25) is 9.13 Å². The third-order valence-electron chi connectivity index (χ3n) is 12.8. The molecule has 0 N–H and O–H groups in total. The van der Waals surface area contributed by atoms with E-state index in [0.29, 0.717) is 82.5 Å². The first-order valence-corrected chi connectivity index (χ1v) is 27.7. The Morgan fingerprint density at radius 1 is 0.568 bits per heavy atom. The van der Waals surface area contributed by atoms with Gasteiger partial charge in [0, 0.05) is 64.1 Å². The monoisotopic (exact) mass is 1100 g/mol. The second kappa shape index (κ2) is 25.3. The first kappa shape index (κ1) is 56.1. The lowest BCUT2D eigenvalue weighted by molar-refractivity contribution is 0.0774. The lowest BCUT2D eigenvalue weighted by Crippen LogP contribution is -2.30. The van der Waals surface area contributed by atoms with Crippen LogP contribution in [0.5, 0.6) is 23.0 Å². The minimum Gasteiger partial charge on any atom is -0.494 e. The topological polar surface area (TPSA) is 255 Å². The van der Waals surface area contributed by atoms with Crippen LogP contribution in [0, 0.1) is 0 Å². The summed E-state index contributed by atoms with van der Waals surface area (Å²) >= 11 is 11.8. The van der Waals surface area contributed by atoms with Gasteiger partial charge in [-0.2, -0.15) is 0 Å². The van der Waals surface area contributed by atoms with Crippen LogP contribution >= 0.6 is 23.2 Å².